The highest BCUT2D eigenvalue weighted by Gasteiger charge is 2.47. The highest BCUT2D eigenvalue weighted by molar-refractivity contribution is 5.70. The molecule has 2 heterocycles. The maximum Gasteiger partial charge on any atom is 0.306 e. The summed E-state index contributed by atoms with van der Waals surface area (Å²) >= 11 is 0. The topological polar surface area (TPSA) is 231 Å². The van der Waals surface area contributed by atoms with Gasteiger partial charge in [-0.05, 0) is 77.0 Å². The molecule has 2 aliphatic rings. The summed E-state index contributed by atoms with van der Waals surface area (Å²) in [5, 5.41) is 72.3. The van der Waals surface area contributed by atoms with E-state index in [1.165, 1.54) is 109 Å². The van der Waals surface area contributed by atoms with Crippen molar-refractivity contribution in [2.24, 2.45) is 0 Å². The third-order valence-electron chi connectivity index (χ3n) is 14.0. The van der Waals surface area contributed by atoms with Gasteiger partial charge in [-0.1, -0.05) is 184 Å². The molecule has 0 aromatic carbocycles. The number of aliphatic hydroxyl groups excluding tert-OH is 7. The Labute approximate surface area is 452 Å². The number of unbranched alkanes of at least 4 members (excludes halogenated alkanes) is 25. The van der Waals surface area contributed by atoms with Gasteiger partial charge in [0.1, 0.15) is 55.4 Å². The summed E-state index contributed by atoms with van der Waals surface area (Å²) in [7, 11) is 0. The first kappa shape index (κ1) is 68.6. The van der Waals surface area contributed by atoms with E-state index in [2.05, 4.69) is 62.5 Å². The molecule has 11 unspecified atom stereocenters. The van der Waals surface area contributed by atoms with Gasteiger partial charge in [0.25, 0.3) is 0 Å². The zero-order valence-corrected chi connectivity index (χ0v) is 46.5. The number of hydrogen-bond donors (Lipinski definition) is 7. The first-order valence-corrected chi connectivity index (χ1v) is 29.7. The van der Waals surface area contributed by atoms with E-state index in [1.54, 1.807) is 0 Å². The lowest BCUT2D eigenvalue weighted by Gasteiger charge is -2.42. The van der Waals surface area contributed by atoms with Crippen molar-refractivity contribution in [1.29, 1.82) is 0 Å². The number of allylic oxidation sites excluding steroid dienone is 8. The molecule has 7 N–H and O–H groups in total. The largest absolute Gasteiger partial charge is 0.462 e. The lowest BCUT2D eigenvalue weighted by molar-refractivity contribution is -0.332. The molecule has 0 spiro atoms. The summed E-state index contributed by atoms with van der Waals surface area (Å²) in [5.41, 5.74) is 0. The average molecular weight is 1070 g/mol. The predicted molar refractivity (Wildman–Crippen MR) is 293 cm³/mol. The third kappa shape index (κ3) is 33.5. The van der Waals surface area contributed by atoms with Gasteiger partial charge in [0.2, 0.25) is 0 Å². The lowest BCUT2D eigenvalue weighted by atomic mass is 9.98. The average Bonchev–Trinajstić information content (AvgIpc) is 3.40. The standard InChI is InChI=1S/C60H106O15/c1-3-5-7-9-11-13-15-17-19-21-22-23-24-25-26-27-29-31-33-35-37-39-41-43-52(63)73-48(45-70-51(62)42-40-38-36-34-32-30-28-20-18-16-14-12-10-8-6-4-2)46-71-59-58(69)56(67)54(65)50(75-59)47-72-60-57(68)55(66)53(64)49(44-61)74-60/h14-17,20-22,28,48-50,53-61,64-69H,3-13,18-19,23-27,29-47H2,1-2H3/b16-14-,17-15-,22-21-,28-20-. The first-order chi connectivity index (χ1) is 36.5. The molecular formula is C60H106O15. The van der Waals surface area contributed by atoms with Crippen LogP contribution in [-0.4, -0.2) is 142 Å². The molecule has 0 aliphatic carbocycles. The van der Waals surface area contributed by atoms with E-state index in [-0.39, 0.29) is 26.1 Å². The minimum atomic E-state index is -1.77. The Balaban J connectivity index is 1.74. The highest BCUT2D eigenvalue weighted by atomic mass is 16.7. The SMILES string of the molecule is CCCCCC/C=C\C/C=C\CCCCCCCC(=O)OCC(COC1OC(COC2OC(CO)C(O)C(O)C2O)C(O)C(O)C1O)OC(=O)CCCCCCCCCCCCC/C=C\C/C=C\CCCCCCC. The van der Waals surface area contributed by atoms with Crippen molar-refractivity contribution in [1.82, 2.24) is 0 Å². The van der Waals surface area contributed by atoms with Gasteiger partial charge in [-0.3, -0.25) is 9.59 Å². The van der Waals surface area contributed by atoms with Crippen LogP contribution in [0.25, 0.3) is 0 Å². The monoisotopic (exact) mass is 1070 g/mol. The van der Waals surface area contributed by atoms with Crippen molar-refractivity contribution in [2.45, 2.75) is 293 Å². The molecule has 2 fully saturated rings. The number of rotatable bonds is 47. The molecule has 0 amide bonds. The summed E-state index contributed by atoms with van der Waals surface area (Å²) in [6.07, 6.45) is 37.0. The van der Waals surface area contributed by atoms with Crippen LogP contribution in [0.2, 0.25) is 0 Å². The van der Waals surface area contributed by atoms with E-state index >= 15 is 0 Å². The predicted octanol–water partition coefficient (Wildman–Crippen LogP) is 10.2. The Morgan fingerprint density at radius 3 is 1.25 bits per heavy atom. The minimum Gasteiger partial charge on any atom is -0.462 e. The number of carbonyl (C=O) groups excluding carboxylic acids is 2. The van der Waals surface area contributed by atoms with Crippen LogP contribution in [0, 0.1) is 0 Å². The van der Waals surface area contributed by atoms with Gasteiger partial charge in [0.05, 0.1) is 19.8 Å². The van der Waals surface area contributed by atoms with Gasteiger partial charge in [-0.2, -0.15) is 0 Å². The van der Waals surface area contributed by atoms with Gasteiger partial charge < -0.3 is 64.2 Å². The van der Waals surface area contributed by atoms with Crippen molar-refractivity contribution in [2.75, 3.05) is 26.4 Å². The first-order valence-electron chi connectivity index (χ1n) is 29.7. The number of carbonyl (C=O) groups is 2. The number of hydrogen-bond acceptors (Lipinski definition) is 15. The molecule has 15 nitrogen and oxygen atoms in total. The fraction of sp³-hybridized carbons (Fsp3) is 0.833. The second kappa shape index (κ2) is 46.4. The molecule has 0 bridgehead atoms. The van der Waals surface area contributed by atoms with E-state index in [4.69, 9.17) is 28.4 Å². The molecule has 436 valence electrons. The van der Waals surface area contributed by atoms with Crippen LogP contribution in [0.3, 0.4) is 0 Å². The van der Waals surface area contributed by atoms with Gasteiger partial charge in [-0.15, -0.1) is 0 Å². The zero-order valence-electron chi connectivity index (χ0n) is 46.5. The molecule has 2 saturated heterocycles. The zero-order chi connectivity index (χ0) is 54.6. The van der Waals surface area contributed by atoms with Crippen molar-refractivity contribution >= 4 is 11.9 Å². The molecular weight excluding hydrogens is 961 g/mol. The van der Waals surface area contributed by atoms with Crippen molar-refractivity contribution in [3.8, 4) is 0 Å². The maximum atomic E-state index is 13.1. The summed E-state index contributed by atoms with van der Waals surface area (Å²) in [6, 6.07) is 0. The molecule has 0 saturated carbocycles. The Morgan fingerprint density at radius 1 is 0.427 bits per heavy atom. The Morgan fingerprint density at radius 2 is 0.800 bits per heavy atom. The van der Waals surface area contributed by atoms with E-state index in [0.29, 0.717) is 12.8 Å². The van der Waals surface area contributed by atoms with Crippen LogP contribution in [-0.2, 0) is 38.0 Å². The summed E-state index contributed by atoms with van der Waals surface area (Å²) in [5.74, 6) is -0.938. The van der Waals surface area contributed by atoms with Crippen LogP contribution < -0.4 is 0 Å². The Bertz CT molecular complexity index is 1490. The number of ether oxygens (including phenoxy) is 6. The van der Waals surface area contributed by atoms with Gasteiger partial charge in [-0.25, -0.2) is 0 Å². The van der Waals surface area contributed by atoms with Crippen molar-refractivity contribution in [3.05, 3.63) is 48.6 Å². The summed E-state index contributed by atoms with van der Waals surface area (Å²) in [4.78, 5) is 25.9. The normalized spacial score (nSPS) is 24.8. The molecule has 75 heavy (non-hydrogen) atoms. The molecule has 2 rings (SSSR count). The van der Waals surface area contributed by atoms with Crippen LogP contribution >= 0.6 is 0 Å². The van der Waals surface area contributed by atoms with E-state index in [1.807, 2.05) is 0 Å². The van der Waals surface area contributed by atoms with Crippen LogP contribution in [0.15, 0.2) is 48.6 Å². The molecule has 0 aromatic rings. The smallest absolute Gasteiger partial charge is 0.306 e. The minimum absolute atomic E-state index is 0.159. The van der Waals surface area contributed by atoms with Crippen molar-refractivity contribution < 1.29 is 73.8 Å². The molecule has 11 atom stereocenters. The van der Waals surface area contributed by atoms with E-state index in [9.17, 15) is 45.3 Å². The molecule has 0 aromatic heterocycles. The molecule has 2 aliphatic heterocycles. The quantitative estimate of drug-likeness (QED) is 0.0171. The summed E-state index contributed by atoms with van der Waals surface area (Å²) in [6.45, 7) is 2.57. The number of esters is 2. The number of aliphatic hydroxyl groups is 7. The Kier molecular flexibility index (Phi) is 42.4. The molecule has 0 radical (unpaired) electrons. The second-order valence-corrected chi connectivity index (χ2v) is 20.8. The highest BCUT2D eigenvalue weighted by Crippen LogP contribution is 2.27. The van der Waals surface area contributed by atoms with E-state index in [0.717, 1.165) is 77.0 Å². The second-order valence-electron chi connectivity index (χ2n) is 20.8. The maximum absolute atomic E-state index is 13.1. The van der Waals surface area contributed by atoms with Crippen LogP contribution in [0.1, 0.15) is 226 Å². The summed E-state index contributed by atoms with van der Waals surface area (Å²) < 4.78 is 33.7. The van der Waals surface area contributed by atoms with E-state index < -0.39 is 92.7 Å². The van der Waals surface area contributed by atoms with Crippen molar-refractivity contribution in [3.63, 3.8) is 0 Å². The van der Waals surface area contributed by atoms with Crippen LogP contribution in [0.4, 0.5) is 0 Å². The van der Waals surface area contributed by atoms with Gasteiger partial charge >= 0.3 is 11.9 Å². The Hall–Kier alpha value is -2.54. The van der Waals surface area contributed by atoms with Gasteiger partial charge in [0, 0.05) is 12.8 Å². The fourth-order valence-corrected chi connectivity index (χ4v) is 9.16. The van der Waals surface area contributed by atoms with Crippen LogP contribution in [0.5, 0.6) is 0 Å². The molecule has 15 heteroatoms. The van der Waals surface area contributed by atoms with Gasteiger partial charge in [0.15, 0.2) is 18.7 Å². The lowest BCUT2D eigenvalue weighted by Crippen LogP contribution is -2.61. The third-order valence-corrected chi connectivity index (χ3v) is 14.0. The fourth-order valence-electron chi connectivity index (χ4n) is 9.16.